The van der Waals surface area contributed by atoms with E-state index in [-0.39, 0.29) is 5.91 Å². The fourth-order valence-corrected chi connectivity index (χ4v) is 3.68. The second-order valence-corrected chi connectivity index (χ2v) is 6.64. The number of carbonyl (C=O) groups excluding carboxylic acids is 1. The molecule has 0 atom stereocenters. The summed E-state index contributed by atoms with van der Waals surface area (Å²) in [4.78, 5) is 26.4. The van der Waals surface area contributed by atoms with Crippen LogP contribution < -0.4 is 0 Å². The van der Waals surface area contributed by atoms with Crippen LogP contribution in [-0.4, -0.2) is 48.5 Å². The van der Waals surface area contributed by atoms with Gasteiger partial charge in [0.25, 0.3) is 5.91 Å². The van der Waals surface area contributed by atoms with Crippen molar-refractivity contribution in [2.75, 3.05) is 13.1 Å². The maximum Gasteiger partial charge on any atom is 0.257 e. The number of nitrogens with zero attached hydrogens (tertiary/aromatic N) is 5. The fraction of sp³-hybridized carbons (Fsp3) is 0.263. The number of hydrogen-bond acceptors (Lipinski definition) is 4. The number of aromatic amines is 1. The molecule has 1 fully saturated rings. The third-order valence-electron chi connectivity index (χ3n) is 5.06. The Kier molecular flexibility index (Phi) is 3.44. The molecule has 0 unspecified atom stereocenters. The molecule has 4 aromatic rings. The molecular formula is C19H18N6O. The lowest BCUT2D eigenvalue weighted by Gasteiger charge is -2.26. The average molecular weight is 346 g/mol. The normalized spacial score (nSPS) is 15.0. The van der Waals surface area contributed by atoms with Crippen molar-refractivity contribution in [2.45, 2.75) is 19.3 Å². The average Bonchev–Trinajstić information content (AvgIpc) is 3.32. The van der Waals surface area contributed by atoms with Gasteiger partial charge in [-0.05, 0) is 37.0 Å². The number of nitrogens with one attached hydrogen (secondary N) is 1. The number of piperidine rings is 1. The number of fused-ring (bicyclic) bond motifs is 2. The largest absolute Gasteiger partial charge is 0.345 e. The number of rotatable bonds is 2. The van der Waals surface area contributed by atoms with Gasteiger partial charge in [0.05, 0.1) is 17.3 Å². The van der Waals surface area contributed by atoms with Gasteiger partial charge in [-0.2, -0.15) is 5.10 Å². The summed E-state index contributed by atoms with van der Waals surface area (Å²) in [6.45, 7) is 1.66. The maximum atomic E-state index is 12.9. The quantitative estimate of drug-likeness (QED) is 0.605. The van der Waals surface area contributed by atoms with E-state index >= 15 is 0 Å². The van der Waals surface area contributed by atoms with E-state index in [1.807, 2.05) is 29.4 Å². The molecule has 1 aliphatic rings. The first-order valence-corrected chi connectivity index (χ1v) is 8.85. The predicted molar refractivity (Wildman–Crippen MR) is 97.8 cm³/mol. The Morgan fingerprint density at radius 3 is 2.92 bits per heavy atom. The smallest absolute Gasteiger partial charge is 0.257 e. The Balaban J connectivity index is 1.60. The van der Waals surface area contributed by atoms with E-state index in [1.165, 1.54) is 12.7 Å². The highest BCUT2D eigenvalue weighted by Gasteiger charge is 2.22. The van der Waals surface area contributed by atoms with Crippen molar-refractivity contribution in [2.24, 2.45) is 0 Å². The summed E-state index contributed by atoms with van der Waals surface area (Å²) in [7, 11) is 0. The molecule has 7 heteroatoms. The molecule has 0 aromatic carbocycles. The monoisotopic (exact) mass is 346 g/mol. The zero-order valence-corrected chi connectivity index (χ0v) is 14.2. The van der Waals surface area contributed by atoms with Crippen molar-refractivity contribution in [1.82, 2.24) is 29.5 Å². The van der Waals surface area contributed by atoms with Crippen LogP contribution in [0.5, 0.6) is 0 Å². The molecule has 0 bridgehead atoms. The lowest BCUT2D eigenvalue weighted by molar-refractivity contribution is 0.0726. The lowest BCUT2D eigenvalue weighted by atomic mass is 10.1. The first-order valence-electron chi connectivity index (χ1n) is 8.85. The van der Waals surface area contributed by atoms with Crippen molar-refractivity contribution in [3.8, 4) is 11.1 Å². The van der Waals surface area contributed by atoms with Crippen molar-refractivity contribution in [3.63, 3.8) is 0 Å². The van der Waals surface area contributed by atoms with E-state index in [4.69, 9.17) is 0 Å². The summed E-state index contributed by atoms with van der Waals surface area (Å²) < 4.78 is 1.76. The lowest BCUT2D eigenvalue weighted by Crippen LogP contribution is -2.35. The Morgan fingerprint density at radius 1 is 1.15 bits per heavy atom. The standard InChI is InChI=1S/C19H18N6O/c26-19(24-5-2-1-3-6-24)16-11-23-25-7-4-13(8-17(16)25)14-10-21-18-15(14)9-20-12-22-18/h4,7-12H,1-3,5-6H2,(H,20,21,22). The van der Waals surface area contributed by atoms with E-state index in [1.54, 1.807) is 16.9 Å². The second-order valence-electron chi connectivity index (χ2n) is 6.64. The Labute approximate surface area is 149 Å². The number of aromatic nitrogens is 5. The van der Waals surface area contributed by atoms with E-state index in [0.29, 0.717) is 5.56 Å². The van der Waals surface area contributed by atoms with Crippen LogP contribution >= 0.6 is 0 Å². The number of carbonyl (C=O) groups is 1. The zero-order chi connectivity index (χ0) is 17.5. The Hall–Kier alpha value is -3.22. The number of hydrogen-bond donors (Lipinski definition) is 1. The highest BCUT2D eigenvalue weighted by Crippen LogP contribution is 2.29. The van der Waals surface area contributed by atoms with Gasteiger partial charge in [0.2, 0.25) is 0 Å². The van der Waals surface area contributed by atoms with Crippen LogP contribution in [0.4, 0.5) is 0 Å². The molecular weight excluding hydrogens is 328 g/mol. The van der Waals surface area contributed by atoms with Crippen molar-refractivity contribution in [3.05, 3.63) is 48.8 Å². The van der Waals surface area contributed by atoms with E-state index < -0.39 is 0 Å². The minimum Gasteiger partial charge on any atom is -0.345 e. The molecule has 4 aromatic heterocycles. The van der Waals surface area contributed by atoms with Crippen LogP contribution in [0, 0.1) is 0 Å². The summed E-state index contributed by atoms with van der Waals surface area (Å²) in [5, 5.41) is 5.31. The van der Waals surface area contributed by atoms with Gasteiger partial charge < -0.3 is 9.88 Å². The minimum atomic E-state index is 0.0686. The van der Waals surface area contributed by atoms with Gasteiger partial charge in [-0.3, -0.25) is 4.79 Å². The molecule has 1 N–H and O–H groups in total. The van der Waals surface area contributed by atoms with E-state index in [2.05, 4.69) is 20.1 Å². The summed E-state index contributed by atoms with van der Waals surface area (Å²) in [6, 6.07) is 4.00. The van der Waals surface area contributed by atoms with E-state index in [0.717, 1.165) is 53.6 Å². The van der Waals surface area contributed by atoms with Crippen LogP contribution in [-0.2, 0) is 0 Å². The van der Waals surface area contributed by atoms with Crippen molar-refractivity contribution in [1.29, 1.82) is 0 Å². The number of pyridine rings is 1. The fourth-order valence-electron chi connectivity index (χ4n) is 3.68. The third kappa shape index (κ3) is 2.35. The van der Waals surface area contributed by atoms with Gasteiger partial charge in [0.1, 0.15) is 12.0 Å². The van der Waals surface area contributed by atoms with Gasteiger partial charge in [0.15, 0.2) is 0 Å². The molecule has 0 radical (unpaired) electrons. The SMILES string of the molecule is O=C(c1cnn2ccc(-c3c[nH]c4ncncc34)cc12)N1CCCCC1. The van der Waals surface area contributed by atoms with Crippen LogP contribution in [0.1, 0.15) is 29.6 Å². The molecule has 1 amide bonds. The molecule has 0 spiro atoms. The molecule has 7 nitrogen and oxygen atoms in total. The van der Waals surface area contributed by atoms with Crippen LogP contribution in [0.15, 0.2) is 43.2 Å². The molecule has 5 heterocycles. The second kappa shape index (κ2) is 5.94. The highest BCUT2D eigenvalue weighted by molar-refractivity contribution is 6.02. The topological polar surface area (TPSA) is 79.2 Å². The van der Waals surface area contributed by atoms with Gasteiger partial charge in [0, 0.05) is 42.6 Å². The summed E-state index contributed by atoms with van der Waals surface area (Å²) in [6.07, 6.45) is 12.2. The van der Waals surface area contributed by atoms with Crippen LogP contribution in [0.2, 0.25) is 0 Å². The van der Waals surface area contributed by atoms with Crippen molar-refractivity contribution >= 4 is 22.5 Å². The maximum absolute atomic E-state index is 12.9. The minimum absolute atomic E-state index is 0.0686. The molecule has 0 saturated carbocycles. The first kappa shape index (κ1) is 15.1. The summed E-state index contributed by atoms with van der Waals surface area (Å²) in [5.74, 6) is 0.0686. The van der Waals surface area contributed by atoms with Crippen LogP contribution in [0.3, 0.4) is 0 Å². The van der Waals surface area contributed by atoms with E-state index in [9.17, 15) is 4.79 Å². The Bertz CT molecular complexity index is 1110. The molecule has 26 heavy (non-hydrogen) atoms. The first-order chi connectivity index (χ1) is 12.8. The van der Waals surface area contributed by atoms with Gasteiger partial charge in [-0.15, -0.1) is 0 Å². The van der Waals surface area contributed by atoms with Crippen LogP contribution in [0.25, 0.3) is 27.7 Å². The zero-order valence-electron chi connectivity index (χ0n) is 14.2. The molecule has 1 saturated heterocycles. The number of amides is 1. The van der Waals surface area contributed by atoms with Gasteiger partial charge >= 0.3 is 0 Å². The molecule has 0 aliphatic carbocycles. The molecule has 5 rings (SSSR count). The number of likely N-dealkylation sites (tertiary alicyclic amines) is 1. The number of H-pyrrole nitrogens is 1. The summed E-state index contributed by atoms with van der Waals surface area (Å²) >= 11 is 0. The molecule has 1 aliphatic heterocycles. The van der Waals surface area contributed by atoms with Crippen molar-refractivity contribution < 1.29 is 4.79 Å². The summed E-state index contributed by atoms with van der Waals surface area (Å²) in [5.41, 5.74) is 4.30. The molecule has 130 valence electrons. The predicted octanol–water partition coefficient (Wildman–Crippen LogP) is 2.90. The van der Waals surface area contributed by atoms with Gasteiger partial charge in [-0.1, -0.05) is 0 Å². The van der Waals surface area contributed by atoms with Gasteiger partial charge in [-0.25, -0.2) is 14.5 Å². The highest BCUT2D eigenvalue weighted by atomic mass is 16.2. The Morgan fingerprint density at radius 2 is 2.04 bits per heavy atom. The third-order valence-corrected chi connectivity index (χ3v) is 5.06.